The molecule has 0 radical (unpaired) electrons. The molecule has 1 amide bonds. The summed E-state index contributed by atoms with van der Waals surface area (Å²) >= 11 is 3.34. The number of aryl methyl sites for hydroxylation is 1. The van der Waals surface area contributed by atoms with Crippen LogP contribution in [0.25, 0.3) is 0 Å². The lowest BCUT2D eigenvalue weighted by molar-refractivity contribution is 0.102. The summed E-state index contributed by atoms with van der Waals surface area (Å²) in [5.74, 6) is -0.375. The van der Waals surface area contributed by atoms with Gasteiger partial charge in [-0.3, -0.25) is 14.5 Å². The summed E-state index contributed by atoms with van der Waals surface area (Å²) in [6, 6.07) is 9.63. The van der Waals surface area contributed by atoms with Crippen molar-refractivity contribution in [3.8, 4) is 5.75 Å². The van der Waals surface area contributed by atoms with Crippen molar-refractivity contribution in [1.29, 1.82) is 0 Å². The molecular weight excluding hydrogens is 460 g/mol. The average molecular weight is 477 g/mol. The van der Waals surface area contributed by atoms with E-state index in [9.17, 15) is 13.2 Å². The van der Waals surface area contributed by atoms with Crippen molar-refractivity contribution in [2.45, 2.75) is 11.8 Å². The molecular formula is C19H17BrN4O4S. The molecule has 3 aromatic rings. The number of aromatic nitrogens is 2. The maximum atomic E-state index is 13.0. The van der Waals surface area contributed by atoms with Crippen LogP contribution in [0.5, 0.6) is 5.75 Å². The number of benzene rings is 2. The van der Waals surface area contributed by atoms with Gasteiger partial charge in [0, 0.05) is 22.6 Å². The van der Waals surface area contributed by atoms with Gasteiger partial charge in [-0.15, -0.1) is 0 Å². The maximum Gasteiger partial charge on any atom is 0.275 e. The average Bonchev–Trinajstić information content (AvgIpc) is 2.71. The largest absolute Gasteiger partial charge is 0.495 e. The van der Waals surface area contributed by atoms with Gasteiger partial charge < -0.3 is 10.1 Å². The monoisotopic (exact) mass is 476 g/mol. The third kappa shape index (κ3) is 4.90. The zero-order chi connectivity index (χ0) is 21.0. The van der Waals surface area contributed by atoms with Crippen LogP contribution in [0.15, 0.2) is 64.4 Å². The number of ether oxygens (including phenoxy) is 1. The molecule has 29 heavy (non-hydrogen) atoms. The number of nitrogens with one attached hydrogen (secondary N) is 2. The van der Waals surface area contributed by atoms with E-state index in [4.69, 9.17) is 4.74 Å². The number of carbonyl (C=O) groups excluding carboxylic acids is 1. The molecule has 0 aliphatic heterocycles. The van der Waals surface area contributed by atoms with Crippen molar-refractivity contribution in [2.75, 3.05) is 17.1 Å². The highest BCUT2D eigenvalue weighted by atomic mass is 79.9. The molecule has 150 valence electrons. The van der Waals surface area contributed by atoms with Crippen molar-refractivity contribution in [3.63, 3.8) is 0 Å². The third-order valence-corrected chi connectivity index (χ3v) is 5.95. The van der Waals surface area contributed by atoms with E-state index in [-0.39, 0.29) is 22.0 Å². The van der Waals surface area contributed by atoms with Gasteiger partial charge in [-0.2, -0.15) is 0 Å². The lowest BCUT2D eigenvalue weighted by Gasteiger charge is -2.14. The summed E-state index contributed by atoms with van der Waals surface area (Å²) in [5.41, 5.74) is 1.66. The van der Waals surface area contributed by atoms with E-state index < -0.39 is 15.9 Å². The van der Waals surface area contributed by atoms with Gasteiger partial charge in [0.25, 0.3) is 15.9 Å². The molecule has 8 nitrogen and oxygen atoms in total. The van der Waals surface area contributed by atoms with Crippen LogP contribution in [-0.4, -0.2) is 31.4 Å². The van der Waals surface area contributed by atoms with E-state index >= 15 is 0 Å². The molecule has 1 heterocycles. The Balaban J connectivity index is 1.94. The molecule has 0 saturated heterocycles. The molecule has 0 atom stereocenters. The lowest BCUT2D eigenvalue weighted by atomic mass is 10.2. The standard InChI is InChI=1S/C19H17BrN4O4S/c1-12-3-5-14(20)15(9-12)24-29(26,27)18-10-13(4-6-17(18)28-2)23-19(25)16-11-21-7-8-22-16/h3-11,24H,1-2H3,(H,23,25). The number of carbonyl (C=O) groups is 1. The second-order valence-corrected chi connectivity index (χ2v) is 8.50. The van der Waals surface area contributed by atoms with Gasteiger partial charge in [-0.25, -0.2) is 13.4 Å². The van der Waals surface area contributed by atoms with Crippen LogP contribution in [-0.2, 0) is 10.0 Å². The molecule has 2 aromatic carbocycles. The number of amides is 1. The van der Waals surface area contributed by atoms with Crippen molar-refractivity contribution >= 4 is 43.2 Å². The second-order valence-electron chi connectivity index (χ2n) is 6.00. The van der Waals surface area contributed by atoms with Crippen molar-refractivity contribution in [2.24, 2.45) is 0 Å². The van der Waals surface area contributed by atoms with Crippen LogP contribution in [0.4, 0.5) is 11.4 Å². The van der Waals surface area contributed by atoms with Crippen molar-refractivity contribution in [3.05, 3.63) is 70.7 Å². The summed E-state index contributed by atoms with van der Waals surface area (Å²) < 4.78 is 34.3. The number of rotatable bonds is 6. The fraction of sp³-hybridized carbons (Fsp3) is 0.105. The Morgan fingerprint density at radius 3 is 2.62 bits per heavy atom. The van der Waals surface area contributed by atoms with Crippen LogP contribution in [0, 0.1) is 6.92 Å². The SMILES string of the molecule is COc1ccc(NC(=O)c2cnccn2)cc1S(=O)(=O)Nc1cc(C)ccc1Br. The molecule has 0 saturated carbocycles. The second kappa shape index (κ2) is 8.58. The highest BCUT2D eigenvalue weighted by Crippen LogP contribution is 2.31. The summed E-state index contributed by atoms with van der Waals surface area (Å²) in [7, 11) is -2.63. The van der Waals surface area contributed by atoms with E-state index in [1.807, 2.05) is 13.0 Å². The lowest BCUT2D eigenvalue weighted by Crippen LogP contribution is -2.17. The van der Waals surface area contributed by atoms with Gasteiger partial charge >= 0.3 is 0 Å². The van der Waals surface area contributed by atoms with Crippen LogP contribution >= 0.6 is 15.9 Å². The van der Waals surface area contributed by atoms with E-state index in [1.54, 1.807) is 12.1 Å². The highest BCUT2D eigenvalue weighted by Gasteiger charge is 2.22. The predicted octanol–water partition coefficient (Wildman–Crippen LogP) is 3.61. The van der Waals surface area contributed by atoms with Gasteiger partial charge in [0.2, 0.25) is 0 Å². The Kier molecular flexibility index (Phi) is 6.14. The zero-order valence-corrected chi connectivity index (χ0v) is 17.9. The molecule has 0 spiro atoms. The molecule has 10 heteroatoms. The molecule has 0 aliphatic carbocycles. The maximum absolute atomic E-state index is 13.0. The number of halogens is 1. The van der Waals surface area contributed by atoms with E-state index in [0.29, 0.717) is 10.2 Å². The predicted molar refractivity (Wildman–Crippen MR) is 113 cm³/mol. The Hall–Kier alpha value is -2.98. The number of hydrogen-bond acceptors (Lipinski definition) is 6. The van der Waals surface area contributed by atoms with E-state index in [2.05, 4.69) is 35.9 Å². The van der Waals surface area contributed by atoms with Gasteiger partial charge in [-0.05, 0) is 58.7 Å². The van der Waals surface area contributed by atoms with Crippen molar-refractivity contribution < 1.29 is 17.9 Å². The molecule has 1 aromatic heterocycles. The minimum atomic E-state index is -4.00. The van der Waals surface area contributed by atoms with Crippen LogP contribution in [0.3, 0.4) is 0 Å². The number of hydrogen-bond donors (Lipinski definition) is 2. The van der Waals surface area contributed by atoms with Gasteiger partial charge in [0.15, 0.2) is 0 Å². The van der Waals surface area contributed by atoms with Gasteiger partial charge in [0.05, 0.1) is 19.0 Å². The fourth-order valence-electron chi connectivity index (χ4n) is 2.49. The van der Waals surface area contributed by atoms with Crippen LogP contribution in [0.2, 0.25) is 0 Å². The third-order valence-electron chi connectivity index (χ3n) is 3.87. The number of sulfonamides is 1. The molecule has 0 fully saturated rings. The normalized spacial score (nSPS) is 11.0. The highest BCUT2D eigenvalue weighted by molar-refractivity contribution is 9.10. The molecule has 2 N–H and O–H groups in total. The number of nitrogens with zero attached hydrogens (tertiary/aromatic N) is 2. The van der Waals surface area contributed by atoms with Gasteiger partial charge in [-0.1, -0.05) is 6.07 Å². The Morgan fingerprint density at radius 1 is 1.14 bits per heavy atom. The first-order chi connectivity index (χ1) is 13.8. The fourth-order valence-corrected chi connectivity index (χ4v) is 4.24. The van der Waals surface area contributed by atoms with E-state index in [0.717, 1.165) is 5.56 Å². The Bertz CT molecular complexity index is 1150. The summed E-state index contributed by atoms with van der Waals surface area (Å²) in [6.45, 7) is 1.85. The molecule has 3 rings (SSSR count). The zero-order valence-electron chi connectivity index (χ0n) is 15.5. The Morgan fingerprint density at radius 2 is 1.93 bits per heavy atom. The minimum absolute atomic E-state index is 0.106. The van der Waals surface area contributed by atoms with E-state index in [1.165, 1.54) is 43.9 Å². The molecule has 0 aliphatic rings. The first-order valence-corrected chi connectivity index (χ1v) is 10.6. The first-order valence-electron chi connectivity index (χ1n) is 8.34. The summed E-state index contributed by atoms with van der Waals surface area (Å²) in [6.07, 6.45) is 4.15. The van der Waals surface area contributed by atoms with Crippen LogP contribution < -0.4 is 14.8 Å². The minimum Gasteiger partial charge on any atom is -0.495 e. The van der Waals surface area contributed by atoms with Crippen molar-refractivity contribution in [1.82, 2.24) is 9.97 Å². The topological polar surface area (TPSA) is 110 Å². The number of methoxy groups -OCH3 is 1. The number of anilines is 2. The summed E-state index contributed by atoms with van der Waals surface area (Å²) in [4.78, 5) is 19.9. The summed E-state index contributed by atoms with van der Waals surface area (Å²) in [5, 5.41) is 2.61. The first kappa shape index (κ1) is 20.7. The smallest absolute Gasteiger partial charge is 0.275 e. The Labute approximate surface area is 176 Å². The molecule has 0 bridgehead atoms. The quantitative estimate of drug-likeness (QED) is 0.562. The molecule has 0 unspecified atom stereocenters. The van der Waals surface area contributed by atoms with Gasteiger partial charge in [0.1, 0.15) is 16.3 Å². The van der Waals surface area contributed by atoms with Crippen LogP contribution in [0.1, 0.15) is 16.1 Å².